The number of anilines is 2. The third kappa shape index (κ3) is 6.60. The van der Waals surface area contributed by atoms with Crippen LogP contribution < -0.4 is 10.2 Å². The summed E-state index contributed by atoms with van der Waals surface area (Å²) in [6.45, 7) is 4.43. The summed E-state index contributed by atoms with van der Waals surface area (Å²) in [7, 11) is 3.06. The van der Waals surface area contributed by atoms with Crippen LogP contribution in [0.1, 0.15) is 37.1 Å². The van der Waals surface area contributed by atoms with Crippen molar-refractivity contribution in [2.24, 2.45) is 0 Å². The second-order valence-corrected chi connectivity index (χ2v) is 12.4. The van der Waals surface area contributed by atoms with E-state index in [4.69, 9.17) is 0 Å². The zero-order valence-corrected chi connectivity index (χ0v) is 25.0. The molecule has 1 aromatic carbocycles. The number of nitrogens with one attached hydrogen (secondary N) is 1. The maximum Gasteiger partial charge on any atom is 0.420 e. The molecule has 228 valence electrons. The number of halogens is 4. The van der Waals surface area contributed by atoms with Crippen LogP contribution in [0.3, 0.4) is 0 Å². The molecule has 0 amide bonds. The Balaban J connectivity index is 1.39. The molecule has 14 heteroatoms. The van der Waals surface area contributed by atoms with E-state index in [-0.39, 0.29) is 29.1 Å². The summed E-state index contributed by atoms with van der Waals surface area (Å²) >= 11 is 0. The van der Waals surface area contributed by atoms with Gasteiger partial charge in [-0.3, -0.25) is 0 Å². The fourth-order valence-electron chi connectivity index (χ4n) is 5.65. The number of alkyl halides is 3. The fraction of sp³-hybridized carbons (Fsp3) is 0.536. The summed E-state index contributed by atoms with van der Waals surface area (Å²) < 4.78 is 72.4. The highest BCUT2D eigenvalue weighted by molar-refractivity contribution is 7.81. The second kappa shape index (κ2) is 12.3. The largest absolute Gasteiger partial charge is 0.420 e. The van der Waals surface area contributed by atoms with Gasteiger partial charge in [0.25, 0.3) is 0 Å². The quantitative estimate of drug-likeness (QED) is 0.396. The van der Waals surface area contributed by atoms with Crippen LogP contribution in [-0.2, 0) is 17.2 Å². The third-order valence-corrected chi connectivity index (χ3v) is 9.21. The fourth-order valence-corrected chi connectivity index (χ4v) is 6.38. The van der Waals surface area contributed by atoms with E-state index < -0.39 is 28.5 Å². The van der Waals surface area contributed by atoms with Crippen LogP contribution in [0.15, 0.2) is 30.6 Å². The Morgan fingerprint density at radius 3 is 2.33 bits per heavy atom. The van der Waals surface area contributed by atoms with Crippen LogP contribution in [-0.4, -0.2) is 91.5 Å². The van der Waals surface area contributed by atoms with Crippen molar-refractivity contribution in [2.45, 2.75) is 50.9 Å². The molecular weight excluding hydrogens is 572 g/mol. The van der Waals surface area contributed by atoms with Crippen molar-refractivity contribution in [1.82, 2.24) is 28.7 Å². The normalized spacial score (nSPS) is 18.5. The number of benzene rings is 1. The van der Waals surface area contributed by atoms with Crippen LogP contribution in [0.5, 0.6) is 0 Å². The highest BCUT2D eigenvalue weighted by atomic mass is 32.2. The van der Waals surface area contributed by atoms with E-state index in [0.717, 1.165) is 37.8 Å². The molecule has 0 radical (unpaired) electrons. The van der Waals surface area contributed by atoms with Crippen molar-refractivity contribution in [3.05, 3.63) is 47.8 Å². The molecule has 42 heavy (non-hydrogen) atoms. The van der Waals surface area contributed by atoms with Gasteiger partial charge in [-0.1, -0.05) is 0 Å². The smallest absolute Gasteiger partial charge is 0.371 e. The third-order valence-electron chi connectivity index (χ3n) is 8.12. The number of aromatic nitrogens is 4. The van der Waals surface area contributed by atoms with Crippen LogP contribution in [0.25, 0.3) is 17.1 Å². The number of aryl methyl sites for hydroxylation is 1. The number of hydrogen-bond acceptors (Lipinski definition) is 7. The molecule has 2 fully saturated rings. The van der Waals surface area contributed by atoms with E-state index in [1.54, 1.807) is 19.2 Å². The summed E-state index contributed by atoms with van der Waals surface area (Å²) in [6.07, 6.45) is 2.31. The van der Waals surface area contributed by atoms with Gasteiger partial charge in [-0.05, 0) is 64.9 Å². The average molecular weight is 609 g/mol. The Morgan fingerprint density at radius 2 is 1.74 bits per heavy atom. The molecule has 9 nitrogen and oxygen atoms in total. The molecule has 2 aliphatic heterocycles. The highest BCUT2D eigenvalue weighted by Gasteiger charge is 2.36. The molecule has 2 aromatic heterocycles. The number of piperidine rings is 2. The number of rotatable bonds is 7. The van der Waals surface area contributed by atoms with Crippen LogP contribution in [0.2, 0.25) is 0 Å². The molecule has 0 saturated carbocycles. The molecule has 0 bridgehead atoms. The molecular formula is C28H36F4N8OS. The molecule has 5 rings (SSSR count). The average Bonchev–Trinajstić information content (AvgIpc) is 3.33. The van der Waals surface area contributed by atoms with E-state index in [1.807, 2.05) is 10.4 Å². The first kappa shape index (κ1) is 30.4. The van der Waals surface area contributed by atoms with Gasteiger partial charge in [0.2, 0.25) is 5.95 Å². The first-order valence-corrected chi connectivity index (χ1v) is 15.5. The minimum Gasteiger partial charge on any atom is -0.371 e. The van der Waals surface area contributed by atoms with E-state index in [9.17, 15) is 17.4 Å². The van der Waals surface area contributed by atoms with Crippen molar-refractivity contribution in [3.8, 4) is 17.1 Å². The van der Waals surface area contributed by atoms with Gasteiger partial charge in [0.1, 0.15) is 28.6 Å². The van der Waals surface area contributed by atoms with E-state index in [0.29, 0.717) is 37.8 Å². The van der Waals surface area contributed by atoms with Crippen molar-refractivity contribution < 1.29 is 21.8 Å². The van der Waals surface area contributed by atoms with Crippen molar-refractivity contribution >= 4 is 22.6 Å². The summed E-state index contributed by atoms with van der Waals surface area (Å²) in [5, 5.41) is 3.12. The summed E-state index contributed by atoms with van der Waals surface area (Å²) in [4.78, 5) is 16.9. The van der Waals surface area contributed by atoms with Crippen LogP contribution in [0, 0.1) is 12.7 Å². The van der Waals surface area contributed by atoms with Gasteiger partial charge in [-0.25, -0.2) is 27.9 Å². The minimum absolute atomic E-state index is 0.0318. The first-order chi connectivity index (χ1) is 19.9. The summed E-state index contributed by atoms with van der Waals surface area (Å²) in [6, 6.07) is 5.36. The van der Waals surface area contributed by atoms with Gasteiger partial charge in [0.05, 0.1) is 16.7 Å². The van der Waals surface area contributed by atoms with E-state index in [1.165, 1.54) is 16.8 Å². The lowest BCUT2D eigenvalue weighted by Crippen LogP contribution is -2.42. The zero-order chi connectivity index (χ0) is 30.2. The monoisotopic (exact) mass is 608 g/mol. The lowest BCUT2D eigenvalue weighted by atomic mass is 10.0. The van der Waals surface area contributed by atoms with Gasteiger partial charge in [0.15, 0.2) is 0 Å². The van der Waals surface area contributed by atoms with Gasteiger partial charge >= 0.3 is 6.18 Å². The molecule has 0 aliphatic carbocycles. The Kier molecular flexibility index (Phi) is 8.86. The molecule has 0 spiro atoms. The number of hydrogen-bond donors (Lipinski definition) is 1. The van der Waals surface area contributed by atoms with Crippen molar-refractivity contribution in [2.75, 3.05) is 56.7 Å². The lowest BCUT2D eigenvalue weighted by Gasteiger charge is -2.36. The van der Waals surface area contributed by atoms with E-state index >= 15 is 4.39 Å². The Hall–Kier alpha value is -3.10. The van der Waals surface area contributed by atoms with Crippen LogP contribution in [0.4, 0.5) is 29.2 Å². The maximum absolute atomic E-state index is 15.4. The van der Waals surface area contributed by atoms with Crippen LogP contribution >= 0.6 is 0 Å². The standard InChI is InChI=1S/C28H36F4N8OS/c1-18-34-24(17-40(18)25-6-5-21(15-23(25)29)38-11-9-20(10-12-38)37(2)3)26-22(28(30,31)32)16-33-27(36-26)35-19-7-13-39(14-8-19)42(4)41/h5-6,15-17,19-20H,7-14H2,1-4H3,(H,33,35,36). The summed E-state index contributed by atoms with van der Waals surface area (Å²) in [5.74, 6) is -0.116. The lowest BCUT2D eigenvalue weighted by molar-refractivity contribution is -0.137. The Bertz CT molecular complexity index is 1430. The van der Waals surface area contributed by atoms with Gasteiger partial charge < -0.3 is 19.7 Å². The van der Waals surface area contributed by atoms with Gasteiger partial charge in [-0.15, -0.1) is 0 Å². The van der Waals surface area contributed by atoms with Gasteiger partial charge in [-0.2, -0.15) is 13.2 Å². The number of nitrogens with zero attached hydrogens (tertiary/aromatic N) is 7. The molecule has 3 aromatic rings. The molecule has 4 heterocycles. The maximum atomic E-state index is 15.4. The first-order valence-electron chi connectivity index (χ1n) is 14.0. The van der Waals surface area contributed by atoms with E-state index in [2.05, 4.69) is 44.2 Å². The van der Waals surface area contributed by atoms with Crippen molar-refractivity contribution in [3.63, 3.8) is 0 Å². The topological polar surface area (TPSA) is 82.4 Å². The zero-order valence-electron chi connectivity index (χ0n) is 24.2. The molecule has 1 N–H and O–H groups in total. The molecule has 2 aliphatic rings. The van der Waals surface area contributed by atoms with Gasteiger partial charge in [0, 0.05) is 62.6 Å². The minimum atomic E-state index is -4.71. The second-order valence-electron chi connectivity index (χ2n) is 11.1. The predicted octanol–water partition coefficient (Wildman–Crippen LogP) is 4.50. The molecule has 1 unspecified atom stereocenters. The Labute approximate surface area is 245 Å². The molecule has 2 saturated heterocycles. The SMILES string of the molecule is Cc1nc(-c2nc(NC3CCN(S(C)=O)CC3)ncc2C(F)(F)F)cn1-c1ccc(N2CCC(N(C)C)CC2)cc1F. The summed E-state index contributed by atoms with van der Waals surface area (Å²) in [5.41, 5.74) is -0.469. The number of imidazole rings is 1. The molecule has 1 atom stereocenters. The Morgan fingerprint density at radius 1 is 1.05 bits per heavy atom. The highest BCUT2D eigenvalue weighted by Crippen LogP contribution is 2.36. The predicted molar refractivity (Wildman–Crippen MR) is 155 cm³/mol. The van der Waals surface area contributed by atoms with Crippen molar-refractivity contribution in [1.29, 1.82) is 0 Å².